The van der Waals surface area contributed by atoms with Gasteiger partial charge in [0.2, 0.25) is 0 Å². The quantitative estimate of drug-likeness (QED) is 0.266. The van der Waals surface area contributed by atoms with Gasteiger partial charge in [0.1, 0.15) is 17.4 Å². The van der Waals surface area contributed by atoms with Gasteiger partial charge in [-0.05, 0) is 48.2 Å². The van der Waals surface area contributed by atoms with Gasteiger partial charge in [0, 0.05) is 23.5 Å². The number of rotatable bonds is 11. The highest BCUT2D eigenvalue weighted by Crippen LogP contribution is 2.31. The Morgan fingerprint density at radius 2 is 1.66 bits per heavy atom. The number of fused-ring (bicyclic) bond motifs is 1. The van der Waals surface area contributed by atoms with Gasteiger partial charge < -0.3 is 19.6 Å². The van der Waals surface area contributed by atoms with Crippen molar-refractivity contribution >= 4 is 34.6 Å². The van der Waals surface area contributed by atoms with Crippen LogP contribution in [0.4, 0.5) is 0 Å². The predicted octanol–water partition coefficient (Wildman–Crippen LogP) is 4.88. The summed E-state index contributed by atoms with van der Waals surface area (Å²) in [5, 5.41) is 12.7. The van der Waals surface area contributed by atoms with E-state index >= 15 is 0 Å². The van der Waals surface area contributed by atoms with E-state index in [9.17, 15) is 19.5 Å². The van der Waals surface area contributed by atoms with Gasteiger partial charge in [0.25, 0.3) is 5.91 Å². The Balaban J connectivity index is 1.47. The summed E-state index contributed by atoms with van der Waals surface area (Å²) in [5.41, 5.74) is 4.05. The average Bonchev–Trinajstić information content (AvgIpc) is 2.90. The van der Waals surface area contributed by atoms with Crippen LogP contribution in [-0.2, 0) is 21.8 Å². The van der Waals surface area contributed by atoms with Crippen LogP contribution in [-0.4, -0.2) is 35.4 Å². The van der Waals surface area contributed by atoms with E-state index in [0.29, 0.717) is 34.5 Å². The van der Waals surface area contributed by atoms with Gasteiger partial charge in [-0.25, -0.2) is 9.59 Å². The zero-order valence-electron chi connectivity index (χ0n) is 21.2. The highest BCUT2D eigenvalue weighted by Gasteiger charge is 2.21. The standard InChI is InChI=1S/C30H29NO6S/c1-19-13-25(28-20(2)23(30(35)37-26(28)14-19)15-21-9-5-3-6-10-21)36-16-27(32)31-24(29(33)34)18-38-17-22-11-7-4-8-12-22/h3-14,24H,15-18H2,1-2H3,(H,31,32)(H,33,34). The van der Waals surface area contributed by atoms with Crippen molar-refractivity contribution in [3.05, 3.63) is 111 Å². The zero-order chi connectivity index (χ0) is 27.1. The van der Waals surface area contributed by atoms with Gasteiger partial charge >= 0.3 is 11.6 Å². The maximum absolute atomic E-state index is 12.8. The normalized spacial score (nSPS) is 11.7. The van der Waals surface area contributed by atoms with Crippen molar-refractivity contribution in [3.63, 3.8) is 0 Å². The Morgan fingerprint density at radius 1 is 1.00 bits per heavy atom. The molecule has 7 nitrogen and oxygen atoms in total. The molecule has 0 radical (unpaired) electrons. The zero-order valence-corrected chi connectivity index (χ0v) is 22.0. The number of carbonyl (C=O) groups excluding carboxylic acids is 1. The number of benzene rings is 3. The SMILES string of the molecule is Cc1cc(OCC(=O)NC(CSCc2ccccc2)C(=O)O)c2c(C)c(Cc3ccccc3)c(=O)oc2c1. The summed E-state index contributed by atoms with van der Waals surface area (Å²) < 4.78 is 11.5. The van der Waals surface area contributed by atoms with Crippen LogP contribution in [0.25, 0.3) is 11.0 Å². The third-order valence-electron chi connectivity index (χ3n) is 6.10. The van der Waals surface area contributed by atoms with Crippen LogP contribution in [0.15, 0.2) is 82.0 Å². The maximum Gasteiger partial charge on any atom is 0.340 e. The molecule has 4 aromatic rings. The van der Waals surface area contributed by atoms with E-state index < -0.39 is 23.5 Å². The average molecular weight is 532 g/mol. The molecule has 0 bridgehead atoms. The molecule has 1 heterocycles. The number of carbonyl (C=O) groups is 2. The van der Waals surface area contributed by atoms with Crippen molar-refractivity contribution in [1.29, 1.82) is 0 Å². The number of carboxylic acid groups (broad SMARTS) is 1. The Labute approximate surface area is 224 Å². The molecule has 0 spiro atoms. The monoisotopic (exact) mass is 531 g/mol. The number of carboxylic acids is 1. The second kappa shape index (κ2) is 12.5. The molecule has 1 amide bonds. The molecule has 3 aromatic carbocycles. The minimum Gasteiger partial charge on any atom is -0.483 e. The summed E-state index contributed by atoms with van der Waals surface area (Å²) >= 11 is 1.43. The molecule has 0 saturated carbocycles. The molecule has 196 valence electrons. The highest BCUT2D eigenvalue weighted by atomic mass is 32.2. The van der Waals surface area contributed by atoms with Crippen molar-refractivity contribution in [3.8, 4) is 5.75 Å². The van der Waals surface area contributed by atoms with E-state index in [-0.39, 0.29) is 12.4 Å². The summed E-state index contributed by atoms with van der Waals surface area (Å²) in [5.74, 6) is -0.399. The van der Waals surface area contributed by atoms with Crippen LogP contribution in [0, 0.1) is 13.8 Å². The molecule has 2 N–H and O–H groups in total. The summed E-state index contributed by atoms with van der Waals surface area (Å²) in [4.78, 5) is 37.2. The molecule has 1 aromatic heterocycles. The first kappa shape index (κ1) is 27.0. The van der Waals surface area contributed by atoms with Crippen molar-refractivity contribution in [2.24, 2.45) is 0 Å². The van der Waals surface area contributed by atoms with Crippen LogP contribution in [0.2, 0.25) is 0 Å². The fourth-order valence-corrected chi connectivity index (χ4v) is 5.19. The number of ether oxygens (including phenoxy) is 1. The number of thioether (sulfide) groups is 1. The van der Waals surface area contributed by atoms with Crippen LogP contribution >= 0.6 is 11.8 Å². The van der Waals surface area contributed by atoms with E-state index in [4.69, 9.17) is 9.15 Å². The fourth-order valence-electron chi connectivity index (χ4n) is 4.18. The first-order chi connectivity index (χ1) is 18.3. The number of amides is 1. The highest BCUT2D eigenvalue weighted by molar-refractivity contribution is 7.98. The lowest BCUT2D eigenvalue weighted by Crippen LogP contribution is -2.44. The van der Waals surface area contributed by atoms with Crippen molar-refractivity contribution < 1.29 is 23.8 Å². The molecular weight excluding hydrogens is 502 g/mol. The van der Waals surface area contributed by atoms with Gasteiger partial charge in [-0.3, -0.25) is 4.79 Å². The van der Waals surface area contributed by atoms with Crippen molar-refractivity contribution in [2.45, 2.75) is 32.1 Å². The van der Waals surface area contributed by atoms with Gasteiger partial charge in [-0.15, -0.1) is 0 Å². The molecule has 0 aliphatic carbocycles. The van der Waals surface area contributed by atoms with Crippen LogP contribution < -0.4 is 15.7 Å². The number of aliphatic carboxylic acids is 1. The van der Waals surface area contributed by atoms with E-state index in [1.54, 1.807) is 12.1 Å². The Hall–Kier alpha value is -4.04. The Morgan fingerprint density at radius 3 is 2.32 bits per heavy atom. The molecule has 8 heteroatoms. The molecule has 1 atom stereocenters. The van der Waals surface area contributed by atoms with E-state index in [1.807, 2.05) is 74.5 Å². The number of aryl methyl sites for hydroxylation is 2. The third-order valence-corrected chi connectivity index (χ3v) is 7.21. The molecular formula is C30H29NO6S. The molecule has 0 aliphatic rings. The predicted molar refractivity (Wildman–Crippen MR) is 149 cm³/mol. The second-order valence-corrected chi connectivity index (χ2v) is 10.1. The molecule has 0 saturated heterocycles. The van der Waals surface area contributed by atoms with E-state index in [2.05, 4.69) is 5.32 Å². The molecule has 38 heavy (non-hydrogen) atoms. The lowest BCUT2D eigenvalue weighted by atomic mass is 9.98. The minimum absolute atomic E-state index is 0.219. The number of hydrogen-bond donors (Lipinski definition) is 2. The molecule has 1 unspecified atom stereocenters. The summed E-state index contributed by atoms with van der Waals surface area (Å²) in [7, 11) is 0. The van der Waals surface area contributed by atoms with Gasteiger partial charge in [0.05, 0.1) is 5.39 Å². The van der Waals surface area contributed by atoms with Gasteiger partial charge in [0.15, 0.2) is 6.61 Å². The smallest absolute Gasteiger partial charge is 0.340 e. The first-order valence-corrected chi connectivity index (χ1v) is 13.3. The van der Waals surface area contributed by atoms with E-state index in [0.717, 1.165) is 22.3 Å². The van der Waals surface area contributed by atoms with Crippen molar-refractivity contribution in [1.82, 2.24) is 5.32 Å². The summed E-state index contributed by atoms with van der Waals surface area (Å²) in [6, 6.07) is 21.8. The maximum atomic E-state index is 12.8. The second-order valence-electron chi connectivity index (χ2n) is 9.04. The first-order valence-electron chi connectivity index (χ1n) is 12.2. The lowest BCUT2D eigenvalue weighted by molar-refractivity contribution is -0.141. The largest absolute Gasteiger partial charge is 0.483 e. The van der Waals surface area contributed by atoms with E-state index in [1.165, 1.54) is 11.8 Å². The summed E-state index contributed by atoms with van der Waals surface area (Å²) in [6.45, 7) is 3.30. The van der Waals surface area contributed by atoms with Crippen LogP contribution in [0.1, 0.15) is 27.8 Å². The minimum atomic E-state index is -1.11. The lowest BCUT2D eigenvalue weighted by Gasteiger charge is -2.16. The Kier molecular flexibility index (Phi) is 8.86. The number of nitrogens with one attached hydrogen (secondary N) is 1. The van der Waals surface area contributed by atoms with Gasteiger partial charge in [-0.2, -0.15) is 11.8 Å². The number of hydrogen-bond acceptors (Lipinski definition) is 6. The molecule has 4 rings (SSSR count). The van der Waals surface area contributed by atoms with Gasteiger partial charge in [-0.1, -0.05) is 60.7 Å². The van der Waals surface area contributed by atoms with Crippen molar-refractivity contribution in [2.75, 3.05) is 12.4 Å². The summed E-state index contributed by atoms with van der Waals surface area (Å²) in [6.07, 6.45) is 0.402. The molecule has 0 aliphatic heterocycles. The third kappa shape index (κ3) is 6.83. The molecule has 0 fully saturated rings. The topological polar surface area (TPSA) is 106 Å². The fraction of sp³-hybridized carbons (Fsp3) is 0.233. The Bertz CT molecular complexity index is 1480. The van der Waals surface area contributed by atoms with Crippen LogP contribution in [0.5, 0.6) is 5.75 Å². The van der Waals surface area contributed by atoms with Crippen LogP contribution in [0.3, 0.4) is 0 Å².